The third kappa shape index (κ3) is 3.54. The van der Waals surface area contributed by atoms with Gasteiger partial charge in [-0.15, -0.1) is 0 Å². The maximum atomic E-state index is 12.9. The third-order valence-corrected chi connectivity index (χ3v) is 5.19. The summed E-state index contributed by atoms with van der Waals surface area (Å²) in [5.41, 5.74) is 3.07. The number of carbonyl (C=O) groups is 1. The Hall–Kier alpha value is -2.82. The van der Waals surface area contributed by atoms with Gasteiger partial charge in [-0.1, -0.05) is 44.2 Å². The summed E-state index contributed by atoms with van der Waals surface area (Å²) in [6, 6.07) is 15.9. The largest absolute Gasteiger partial charge is 0.483 e. The lowest BCUT2D eigenvalue weighted by atomic mass is 10.0. The van der Waals surface area contributed by atoms with Gasteiger partial charge in [0.05, 0.1) is 17.1 Å². The highest BCUT2D eigenvalue weighted by molar-refractivity contribution is 5.79. The predicted octanol–water partition coefficient (Wildman–Crippen LogP) is 4.43. The van der Waals surface area contributed by atoms with Gasteiger partial charge in [0.2, 0.25) is 0 Å². The van der Waals surface area contributed by atoms with E-state index in [1.165, 1.54) is 0 Å². The maximum absolute atomic E-state index is 12.9. The van der Waals surface area contributed by atoms with Crippen LogP contribution in [0.3, 0.4) is 0 Å². The lowest BCUT2D eigenvalue weighted by molar-refractivity contribution is -0.134. The number of hydrogen-bond donors (Lipinski definition) is 1. The lowest BCUT2D eigenvalue weighted by Gasteiger charge is -2.23. The molecular formula is C22H25N3O2. The zero-order valence-electron chi connectivity index (χ0n) is 15.8. The molecule has 0 saturated carbocycles. The van der Waals surface area contributed by atoms with Crippen LogP contribution >= 0.6 is 0 Å². The number of hydrogen-bond acceptors (Lipinski definition) is 3. The Morgan fingerprint density at radius 2 is 2.00 bits per heavy atom. The lowest BCUT2D eigenvalue weighted by Crippen LogP contribution is -2.35. The highest BCUT2D eigenvalue weighted by Gasteiger charge is 2.32. The predicted molar refractivity (Wildman–Crippen MR) is 106 cm³/mol. The molecule has 0 radical (unpaired) electrons. The van der Waals surface area contributed by atoms with Crippen molar-refractivity contribution in [2.75, 3.05) is 13.2 Å². The number of aromatic nitrogens is 2. The molecule has 1 amide bonds. The van der Waals surface area contributed by atoms with Gasteiger partial charge >= 0.3 is 0 Å². The number of aromatic amines is 1. The average molecular weight is 363 g/mol. The Labute approximate surface area is 159 Å². The molecule has 2 aromatic carbocycles. The van der Waals surface area contributed by atoms with Gasteiger partial charge in [0.1, 0.15) is 11.6 Å². The summed E-state index contributed by atoms with van der Waals surface area (Å²) in [6.07, 6.45) is 1.91. The molecule has 1 aliphatic heterocycles. The van der Waals surface area contributed by atoms with E-state index in [-0.39, 0.29) is 18.6 Å². The number of amides is 1. The van der Waals surface area contributed by atoms with Crippen LogP contribution in [-0.4, -0.2) is 33.9 Å². The van der Waals surface area contributed by atoms with Crippen molar-refractivity contribution in [1.82, 2.24) is 14.9 Å². The molecule has 140 valence electrons. The van der Waals surface area contributed by atoms with Crippen LogP contribution in [0.5, 0.6) is 5.75 Å². The number of likely N-dealkylation sites (tertiary alicyclic amines) is 1. The van der Waals surface area contributed by atoms with E-state index in [1.807, 2.05) is 47.4 Å². The molecule has 0 spiro atoms. The first-order valence-electron chi connectivity index (χ1n) is 9.59. The normalized spacial score (nSPS) is 17.0. The first-order valence-corrected chi connectivity index (χ1v) is 9.59. The van der Waals surface area contributed by atoms with Crippen molar-refractivity contribution in [3.8, 4) is 5.75 Å². The fraction of sp³-hybridized carbons (Fsp3) is 0.364. The minimum atomic E-state index is -0.00570. The maximum Gasteiger partial charge on any atom is 0.261 e. The molecule has 3 aromatic rings. The molecule has 5 heteroatoms. The number of rotatable bonds is 5. The number of fused-ring (bicyclic) bond motifs is 1. The first kappa shape index (κ1) is 17.6. The molecule has 1 saturated heterocycles. The van der Waals surface area contributed by atoms with Gasteiger partial charge in [0, 0.05) is 6.54 Å². The van der Waals surface area contributed by atoms with E-state index in [0.717, 1.165) is 47.6 Å². The Kier molecular flexibility index (Phi) is 4.84. The minimum absolute atomic E-state index is 0.00570. The second kappa shape index (κ2) is 7.43. The molecule has 1 atom stereocenters. The quantitative estimate of drug-likeness (QED) is 0.729. The molecule has 0 aliphatic carbocycles. The molecule has 1 N–H and O–H groups in total. The van der Waals surface area contributed by atoms with E-state index in [2.05, 4.69) is 24.9 Å². The van der Waals surface area contributed by atoms with Crippen molar-refractivity contribution in [1.29, 1.82) is 0 Å². The second-order valence-electron chi connectivity index (χ2n) is 7.37. The number of H-pyrrole nitrogens is 1. The number of imidazole rings is 1. The van der Waals surface area contributed by atoms with E-state index in [1.54, 1.807) is 0 Å². The van der Waals surface area contributed by atoms with Gasteiger partial charge < -0.3 is 14.6 Å². The summed E-state index contributed by atoms with van der Waals surface area (Å²) in [7, 11) is 0. The Balaban J connectivity index is 1.48. The van der Waals surface area contributed by atoms with Crippen molar-refractivity contribution in [3.63, 3.8) is 0 Å². The highest BCUT2D eigenvalue weighted by Crippen LogP contribution is 2.32. The van der Waals surface area contributed by atoms with Crippen molar-refractivity contribution >= 4 is 16.9 Å². The van der Waals surface area contributed by atoms with E-state index in [9.17, 15) is 4.79 Å². The van der Waals surface area contributed by atoms with Crippen LogP contribution < -0.4 is 4.74 Å². The third-order valence-electron chi connectivity index (χ3n) is 5.19. The number of benzene rings is 2. The molecule has 1 aromatic heterocycles. The fourth-order valence-corrected chi connectivity index (χ4v) is 3.79. The van der Waals surface area contributed by atoms with Crippen LogP contribution in [0.1, 0.15) is 50.0 Å². The summed E-state index contributed by atoms with van der Waals surface area (Å²) >= 11 is 0. The Morgan fingerprint density at radius 3 is 2.81 bits per heavy atom. The monoisotopic (exact) mass is 363 g/mol. The SMILES string of the molecule is CC(C)c1ccccc1OCC(=O)N1CCCC1c1nc2ccccc2[nH]1. The van der Waals surface area contributed by atoms with Crippen LogP contribution in [0.25, 0.3) is 11.0 Å². The molecule has 2 heterocycles. The zero-order chi connectivity index (χ0) is 18.8. The second-order valence-corrected chi connectivity index (χ2v) is 7.37. The van der Waals surface area contributed by atoms with Gasteiger partial charge in [0.15, 0.2) is 6.61 Å². The van der Waals surface area contributed by atoms with Crippen molar-refractivity contribution < 1.29 is 9.53 Å². The molecular weight excluding hydrogens is 338 g/mol. The number of nitrogens with zero attached hydrogens (tertiary/aromatic N) is 2. The number of nitrogens with one attached hydrogen (secondary N) is 1. The summed E-state index contributed by atoms with van der Waals surface area (Å²) in [6.45, 7) is 5.06. The standard InChI is InChI=1S/C22H25N3O2/c1-15(2)16-8-3-6-12-20(16)27-14-21(26)25-13-7-11-19(25)22-23-17-9-4-5-10-18(17)24-22/h3-6,8-10,12,15,19H,7,11,13-14H2,1-2H3,(H,23,24). The smallest absolute Gasteiger partial charge is 0.261 e. The van der Waals surface area contributed by atoms with Crippen molar-refractivity contribution in [3.05, 3.63) is 59.9 Å². The molecule has 1 aliphatic rings. The number of para-hydroxylation sites is 3. The zero-order valence-corrected chi connectivity index (χ0v) is 15.8. The number of carbonyl (C=O) groups excluding carboxylic acids is 1. The molecule has 27 heavy (non-hydrogen) atoms. The van der Waals surface area contributed by atoms with Gasteiger partial charge in [0.25, 0.3) is 5.91 Å². The van der Waals surface area contributed by atoms with E-state index in [0.29, 0.717) is 5.92 Å². The number of ether oxygens (including phenoxy) is 1. The van der Waals surface area contributed by atoms with E-state index in [4.69, 9.17) is 9.72 Å². The Bertz CT molecular complexity index is 914. The van der Waals surface area contributed by atoms with Gasteiger partial charge in [-0.25, -0.2) is 4.98 Å². The van der Waals surface area contributed by atoms with Crippen LogP contribution in [0.2, 0.25) is 0 Å². The molecule has 1 fully saturated rings. The summed E-state index contributed by atoms with van der Waals surface area (Å²) in [5, 5.41) is 0. The van der Waals surface area contributed by atoms with Gasteiger partial charge in [-0.05, 0) is 42.5 Å². The highest BCUT2D eigenvalue weighted by atomic mass is 16.5. The van der Waals surface area contributed by atoms with Gasteiger partial charge in [-0.3, -0.25) is 4.79 Å². The van der Waals surface area contributed by atoms with E-state index >= 15 is 0 Å². The molecule has 4 rings (SSSR count). The fourth-order valence-electron chi connectivity index (χ4n) is 3.79. The molecule has 0 bridgehead atoms. The Morgan fingerprint density at radius 1 is 1.22 bits per heavy atom. The van der Waals surface area contributed by atoms with Crippen LogP contribution in [0.4, 0.5) is 0 Å². The van der Waals surface area contributed by atoms with Crippen molar-refractivity contribution in [2.45, 2.75) is 38.6 Å². The van der Waals surface area contributed by atoms with Gasteiger partial charge in [-0.2, -0.15) is 0 Å². The molecule has 5 nitrogen and oxygen atoms in total. The summed E-state index contributed by atoms with van der Waals surface area (Å²) in [4.78, 5) is 22.8. The summed E-state index contributed by atoms with van der Waals surface area (Å²) in [5.74, 6) is 2.02. The molecule has 1 unspecified atom stereocenters. The topological polar surface area (TPSA) is 58.2 Å². The van der Waals surface area contributed by atoms with Crippen molar-refractivity contribution in [2.24, 2.45) is 0 Å². The van der Waals surface area contributed by atoms with Crippen LogP contribution in [0.15, 0.2) is 48.5 Å². The van der Waals surface area contributed by atoms with Crippen LogP contribution in [0, 0.1) is 0 Å². The van der Waals surface area contributed by atoms with Crippen LogP contribution in [-0.2, 0) is 4.79 Å². The first-order chi connectivity index (χ1) is 13.1. The summed E-state index contributed by atoms with van der Waals surface area (Å²) < 4.78 is 5.89. The average Bonchev–Trinajstić information content (AvgIpc) is 3.32. The minimum Gasteiger partial charge on any atom is -0.483 e. The van der Waals surface area contributed by atoms with E-state index < -0.39 is 0 Å².